The fraction of sp³-hybridized carbons (Fsp3) is 0.857. The standard InChI is InChI=1S/C42H81N3O3/c1-37(2)25-23-27-39(5)35-41(43)47-33-21-17-13-9-11-15-19-29-45(32-31-44(7)8)30-20-16-12-10-14-18-22-34-48-42(46)36-40(6)28-24-26-38(3)4/h25-26,39-40,43H,9-24,27-36H2,1-8H3. The molecule has 2 unspecified atom stereocenters. The van der Waals surface area contributed by atoms with Gasteiger partial charge >= 0.3 is 5.97 Å². The number of carbonyl (C=O) groups excluding carboxylic acids is 1. The molecule has 0 spiro atoms. The van der Waals surface area contributed by atoms with Crippen LogP contribution in [0.1, 0.15) is 170 Å². The molecule has 282 valence electrons. The maximum absolute atomic E-state index is 12.1. The fourth-order valence-electron chi connectivity index (χ4n) is 5.94. The van der Waals surface area contributed by atoms with Crippen molar-refractivity contribution in [2.45, 2.75) is 170 Å². The minimum atomic E-state index is -0.0273. The molecule has 0 radical (unpaired) electrons. The number of carbonyl (C=O) groups is 1. The molecule has 48 heavy (non-hydrogen) atoms. The van der Waals surface area contributed by atoms with Gasteiger partial charge in [-0.25, -0.2) is 0 Å². The second-order valence-electron chi connectivity index (χ2n) is 15.4. The van der Waals surface area contributed by atoms with Gasteiger partial charge < -0.3 is 19.3 Å². The van der Waals surface area contributed by atoms with E-state index in [1.54, 1.807) is 0 Å². The first-order valence-electron chi connectivity index (χ1n) is 20.0. The molecule has 0 aliphatic carbocycles. The zero-order chi connectivity index (χ0) is 35.8. The van der Waals surface area contributed by atoms with E-state index in [0.717, 1.165) is 57.9 Å². The Kier molecular flexibility index (Phi) is 31.4. The summed E-state index contributed by atoms with van der Waals surface area (Å²) in [5, 5.41) is 8.11. The van der Waals surface area contributed by atoms with E-state index < -0.39 is 0 Å². The van der Waals surface area contributed by atoms with Crippen LogP contribution in [0.25, 0.3) is 0 Å². The summed E-state index contributed by atoms with van der Waals surface area (Å²) in [5.41, 5.74) is 2.72. The number of rotatable bonds is 33. The lowest BCUT2D eigenvalue weighted by Crippen LogP contribution is -2.33. The van der Waals surface area contributed by atoms with Crippen molar-refractivity contribution < 1.29 is 14.3 Å². The molecule has 6 nitrogen and oxygen atoms in total. The molecule has 0 rings (SSSR count). The molecule has 0 aliphatic rings. The average Bonchev–Trinajstić information content (AvgIpc) is 3.00. The van der Waals surface area contributed by atoms with Crippen LogP contribution >= 0.6 is 0 Å². The van der Waals surface area contributed by atoms with Crippen LogP contribution < -0.4 is 0 Å². The maximum atomic E-state index is 12.1. The highest BCUT2D eigenvalue weighted by molar-refractivity contribution is 5.72. The Bertz CT molecular complexity index is 768. The quantitative estimate of drug-likeness (QED) is 0.0246. The Balaban J connectivity index is 3.80. The van der Waals surface area contributed by atoms with Crippen molar-refractivity contribution in [3.05, 3.63) is 23.3 Å². The number of esters is 1. The predicted molar refractivity (Wildman–Crippen MR) is 209 cm³/mol. The van der Waals surface area contributed by atoms with Crippen LogP contribution in [-0.2, 0) is 14.3 Å². The summed E-state index contributed by atoms with van der Waals surface area (Å²) in [4.78, 5) is 17.1. The number of allylic oxidation sites excluding steroid dienone is 4. The van der Waals surface area contributed by atoms with E-state index in [0.29, 0.717) is 37.4 Å². The number of nitrogens with one attached hydrogen (secondary N) is 1. The Labute approximate surface area is 299 Å². The molecule has 0 aliphatic heterocycles. The first-order chi connectivity index (χ1) is 23.0. The van der Waals surface area contributed by atoms with E-state index in [2.05, 4.69) is 77.6 Å². The maximum Gasteiger partial charge on any atom is 0.306 e. The van der Waals surface area contributed by atoms with Crippen molar-refractivity contribution in [3.63, 3.8) is 0 Å². The third-order valence-electron chi connectivity index (χ3n) is 9.11. The highest BCUT2D eigenvalue weighted by Gasteiger charge is 2.10. The van der Waals surface area contributed by atoms with Crippen LogP contribution in [0.5, 0.6) is 0 Å². The van der Waals surface area contributed by atoms with Crippen molar-refractivity contribution in [2.24, 2.45) is 11.8 Å². The van der Waals surface area contributed by atoms with E-state index in [9.17, 15) is 4.79 Å². The van der Waals surface area contributed by atoms with Gasteiger partial charge in [0.15, 0.2) is 5.90 Å². The Hall–Kier alpha value is -1.66. The van der Waals surface area contributed by atoms with Gasteiger partial charge in [-0.1, -0.05) is 101 Å². The van der Waals surface area contributed by atoms with Crippen LogP contribution in [0, 0.1) is 17.2 Å². The Morgan fingerprint density at radius 2 is 1.00 bits per heavy atom. The van der Waals surface area contributed by atoms with E-state index in [-0.39, 0.29) is 5.97 Å². The molecule has 2 atom stereocenters. The van der Waals surface area contributed by atoms with E-state index in [4.69, 9.17) is 14.9 Å². The first kappa shape index (κ1) is 46.3. The fourth-order valence-corrected chi connectivity index (χ4v) is 5.94. The minimum absolute atomic E-state index is 0.0273. The number of unbranched alkanes of at least 4 members (excludes halogenated alkanes) is 12. The van der Waals surface area contributed by atoms with Crippen molar-refractivity contribution in [2.75, 3.05) is 53.5 Å². The molecular weight excluding hydrogens is 594 g/mol. The molecule has 0 saturated carbocycles. The minimum Gasteiger partial charge on any atom is -0.481 e. The van der Waals surface area contributed by atoms with Gasteiger partial charge in [0.25, 0.3) is 0 Å². The summed E-state index contributed by atoms with van der Waals surface area (Å²) < 4.78 is 11.2. The summed E-state index contributed by atoms with van der Waals surface area (Å²) in [5.74, 6) is 1.35. The zero-order valence-electron chi connectivity index (χ0n) is 33.3. The lowest BCUT2D eigenvalue weighted by molar-refractivity contribution is -0.144. The average molecular weight is 676 g/mol. The van der Waals surface area contributed by atoms with Crippen molar-refractivity contribution in [1.82, 2.24) is 9.80 Å². The third-order valence-corrected chi connectivity index (χ3v) is 9.11. The zero-order valence-corrected chi connectivity index (χ0v) is 33.3. The second kappa shape index (κ2) is 32.5. The molecule has 0 aromatic carbocycles. The number of nitrogens with zero attached hydrogens (tertiary/aromatic N) is 2. The molecule has 1 N–H and O–H groups in total. The molecule has 0 aromatic heterocycles. The monoisotopic (exact) mass is 676 g/mol. The van der Waals surface area contributed by atoms with Crippen LogP contribution in [0.15, 0.2) is 23.3 Å². The van der Waals surface area contributed by atoms with Crippen molar-refractivity contribution >= 4 is 11.9 Å². The number of likely N-dealkylation sites (N-methyl/N-ethyl adjacent to an activating group) is 1. The molecule has 0 saturated heterocycles. The lowest BCUT2D eigenvalue weighted by Gasteiger charge is -2.24. The van der Waals surface area contributed by atoms with Gasteiger partial charge in [-0.2, -0.15) is 0 Å². The summed E-state index contributed by atoms with van der Waals surface area (Å²) in [6, 6.07) is 0. The van der Waals surface area contributed by atoms with Gasteiger partial charge in [0.1, 0.15) is 0 Å². The topological polar surface area (TPSA) is 65.9 Å². The smallest absolute Gasteiger partial charge is 0.306 e. The van der Waals surface area contributed by atoms with E-state index >= 15 is 0 Å². The molecule has 0 heterocycles. The van der Waals surface area contributed by atoms with Gasteiger partial charge in [0.2, 0.25) is 0 Å². The summed E-state index contributed by atoms with van der Waals surface area (Å²) >= 11 is 0. The normalized spacial score (nSPS) is 12.6. The molecule has 0 amide bonds. The lowest BCUT2D eigenvalue weighted by atomic mass is 10.0. The molecule has 0 aromatic rings. The highest BCUT2D eigenvalue weighted by atomic mass is 16.5. The van der Waals surface area contributed by atoms with Crippen molar-refractivity contribution in [1.29, 1.82) is 5.41 Å². The van der Waals surface area contributed by atoms with Crippen LogP contribution in [-0.4, -0.2) is 75.2 Å². The van der Waals surface area contributed by atoms with Crippen molar-refractivity contribution in [3.8, 4) is 0 Å². The Morgan fingerprint density at radius 1 is 0.583 bits per heavy atom. The summed E-state index contributed by atoms with van der Waals surface area (Å²) in [7, 11) is 4.35. The third kappa shape index (κ3) is 34.2. The van der Waals surface area contributed by atoms with Crippen LogP contribution in [0.3, 0.4) is 0 Å². The van der Waals surface area contributed by atoms with Crippen LogP contribution in [0.4, 0.5) is 0 Å². The number of hydrogen-bond acceptors (Lipinski definition) is 6. The molecule has 0 bridgehead atoms. The number of ether oxygens (including phenoxy) is 2. The molecule has 0 fully saturated rings. The van der Waals surface area contributed by atoms with Gasteiger partial charge in [0, 0.05) is 25.9 Å². The molecule has 6 heteroatoms. The van der Waals surface area contributed by atoms with Gasteiger partial charge in [-0.15, -0.1) is 0 Å². The predicted octanol–water partition coefficient (Wildman–Crippen LogP) is 11.4. The van der Waals surface area contributed by atoms with Gasteiger partial charge in [-0.3, -0.25) is 10.2 Å². The Morgan fingerprint density at radius 3 is 1.46 bits per heavy atom. The second-order valence-corrected chi connectivity index (χ2v) is 15.4. The number of hydrogen-bond donors (Lipinski definition) is 1. The first-order valence-corrected chi connectivity index (χ1v) is 20.0. The van der Waals surface area contributed by atoms with Crippen LogP contribution in [0.2, 0.25) is 0 Å². The SMILES string of the molecule is CC(C)=CCCC(C)CC(=N)OCCCCCCCCCN(CCCCCCCCCOC(=O)CC(C)CCC=C(C)C)CCN(C)C. The van der Waals surface area contributed by atoms with E-state index in [1.807, 2.05) is 0 Å². The van der Waals surface area contributed by atoms with Gasteiger partial charge in [0.05, 0.1) is 13.2 Å². The highest BCUT2D eigenvalue weighted by Crippen LogP contribution is 2.15. The largest absolute Gasteiger partial charge is 0.481 e. The van der Waals surface area contributed by atoms with Gasteiger partial charge in [-0.05, 0) is 118 Å². The summed E-state index contributed by atoms with van der Waals surface area (Å²) in [6.07, 6.45) is 27.6. The summed E-state index contributed by atoms with van der Waals surface area (Å²) in [6.45, 7) is 18.9. The molecular formula is C42H81N3O3. The van der Waals surface area contributed by atoms with E-state index in [1.165, 1.54) is 101 Å².